The van der Waals surface area contributed by atoms with Crippen LogP contribution in [0.2, 0.25) is 0 Å². The molecule has 0 unspecified atom stereocenters. The fourth-order valence-corrected chi connectivity index (χ4v) is 3.00. The van der Waals surface area contributed by atoms with E-state index in [1.54, 1.807) is 4.90 Å². The predicted octanol–water partition coefficient (Wildman–Crippen LogP) is 2.55. The Labute approximate surface area is 155 Å². The third-order valence-corrected chi connectivity index (χ3v) is 4.34. The van der Waals surface area contributed by atoms with Gasteiger partial charge in [-0.05, 0) is 25.1 Å². The highest BCUT2D eigenvalue weighted by Gasteiger charge is 2.24. The number of benzene rings is 1. The van der Waals surface area contributed by atoms with Crippen LogP contribution in [0.3, 0.4) is 0 Å². The minimum Gasteiger partial charge on any atom is -0.493 e. The lowest BCUT2D eigenvalue weighted by molar-refractivity contribution is -0.0512. The minimum absolute atomic E-state index is 0.0977. The molecular formula is C18H21F2N3O4. The molecule has 0 bridgehead atoms. The van der Waals surface area contributed by atoms with Crippen LogP contribution >= 0.6 is 0 Å². The first kappa shape index (κ1) is 19.1. The number of carbonyl (C=O) groups is 1. The molecule has 1 amide bonds. The van der Waals surface area contributed by atoms with Crippen molar-refractivity contribution >= 4 is 5.91 Å². The molecule has 27 heavy (non-hydrogen) atoms. The van der Waals surface area contributed by atoms with Crippen molar-refractivity contribution in [3.05, 3.63) is 41.3 Å². The summed E-state index contributed by atoms with van der Waals surface area (Å²) in [5, 5.41) is 3.87. The molecule has 2 aromatic rings. The van der Waals surface area contributed by atoms with Crippen LogP contribution in [0.5, 0.6) is 11.5 Å². The SMILES string of the molecule is COc1cc(C(=O)N2CCN(Cc3cc(C)no3)CC2)ccc1OC(F)F. The molecule has 3 rings (SSSR count). The fourth-order valence-electron chi connectivity index (χ4n) is 3.00. The molecule has 9 heteroatoms. The lowest BCUT2D eigenvalue weighted by atomic mass is 10.1. The Bertz CT molecular complexity index is 789. The molecule has 1 aromatic heterocycles. The number of carbonyl (C=O) groups excluding carboxylic acids is 1. The van der Waals surface area contributed by atoms with Crippen molar-refractivity contribution < 1.29 is 27.6 Å². The van der Waals surface area contributed by atoms with Crippen molar-refractivity contribution in [2.45, 2.75) is 20.1 Å². The van der Waals surface area contributed by atoms with Gasteiger partial charge in [-0.3, -0.25) is 9.69 Å². The maximum absolute atomic E-state index is 12.7. The van der Waals surface area contributed by atoms with Gasteiger partial charge in [0.05, 0.1) is 19.3 Å². The van der Waals surface area contributed by atoms with E-state index in [0.717, 1.165) is 11.5 Å². The van der Waals surface area contributed by atoms with Crippen molar-refractivity contribution in [3.8, 4) is 11.5 Å². The van der Waals surface area contributed by atoms with Gasteiger partial charge in [-0.25, -0.2) is 0 Å². The molecule has 0 saturated carbocycles. The summed E-state index contributed by atoms with van der Waals surface area (Å²) >= 11 is 0. The van der Waals surface area contributed by atoms with Crippen molar-refractivity contribution in [1.29, 1.82) is 0 Å². The highest BCUT2D eigenvalue weighted by atomic mass is 19.3. The van der Waals surface area contributed by atoms with Gasteiger partial charge in [0, 0.05) is 37.8 Å². The average Bonchev–Trinajstić information content (AvgIpc) is 3.06. The summed E-state index contributed by atoms with van der Waals surface area (Å²) < 4.78 is 39.5. The average molecular weight is 381 g/mol. The van der Waals surface area contributed by atoms with Crippen LogP contribution in [0.25, 0.3) is 0 Å². The Morgan fingerprint density at radius 1 is 1.22 bits per heavy atom. The number of halogens is 2. The summed E-state index contributed by atoms with van der Waals surface area (Å²) in [5.41, 5.74) is 1.21. The number of methoxy groups -OCH3 is 1. The molecule has 0 aliphatic carbocycles. The van der Waals surface area contributed by atoms with Gasteiger partial charge < -0.3 is 18.9 Å². The Kier molecular flexibility index (Phi) is 5.90. The zero-order valence-corrected chi connectivity index (χ0v) is 15.2. The zero-order valence-electron chi connectivity index (χ0n) is 15.2. The number of piperazine rings is 1. The molecule has 0 radical (unpaired) electrons. The number of aromatic nitrogens is 1. The van der Waals surface area contributed by atoms with Crippen molar-refractivity contribution in [2.75, 3.05) is 33.3 Å². The second-order valence-electron chi connectivity index (χ2n) is 6.25. The largest absolute Gasteiger partial charge is 0.493 e. The first-order valence-electron chi connectivity index (χ1n) is 8.53. The van der Waals surface area contributed by atoms with Gasteiger partial charge >= 0.3 is 6.61 Å². The number of amides is 1. The molecule has 1 aliphatic heterocycles. The highest BCUT2D eigenvalue weighted by Crippen LogP contribution is 2.30. The van der Waals surface area contributed by atoms with E-state index in [-0.39, 0.29) is 17.4 Å². The summed E-state index contributed by atoms with van der Waals surface area (Å²) in [4.78, 5) is 16.6. The second kappa shape index (κ2) is 8.34. The van der Waals surface area contributed by atoms with E-state index in [9.17, 15) is 13.6 Å². The quantitative estimate of drug-likeness (QED) is 0.766. The van der Waals surface area contributed by atoms with Crippen LogP contribution in [0, 0.1) is 6.92 Å². The smallest absolute Gasteiger partial charge is 0.387 e. The molecule has 0 spiro atoms. The van der Waals surface area contributed by atoms with Gasteiger partial charge in [0.25, 0.3) is 5.91 Å². The zero-order chi connectivity index (χ0) is 19.4. The number of aryl methyl sites for hydroxylation is 1. The Morgan fingerprint density at radius 3 is 2.56 bits per heavy atom. The van der Waals surface area contributed by atoms with Crippen LogP contribution in [-0.2, 0) is 6.54 Å². The first-order chi connectivity index (χ1) is 13.0. The maximum Gasteiger partial charge on any atom is 0.387 e. The van der Waals surface area contributed by atoms with Gasteiger partial charge in [-0.1, -0.05) is 5.16 Å². The molecular weight excluding hydrogens is 360 g/mol. The Balaban J connectivity index is 1.60. The molecule has 0 atom stereocenters. The Hall–Kier alpha value is -2.68. The van der Waals surface area contributed by atoms with E-state index in [1.807, 2.05) is 13.0 Å². The van der Waals surface area contributed by atoms with E-state index in [4.69, 9.17) is 9.26 Å². The number of hydrogen-bond acceptors (Lipinski definition) is 6. The van der Waals surface area contributed by atoms with Crippen molar-refractivity contribution in [1.82, 2.24) is 15.0 Å². The van der Waals surface area contributed by atoms with Gasteiger partial charge in [-0.2, -0.15) is 8.78 Å². The number of nitrogens with zero attached hydrogens (tertiary/aromatic N) is 3. The van der Waals surface area contributed by atoms with E-state index >= 15 is 0 Å². The molecule has 1 aliphatic rings. The monoisotopic (exact) mass is 381 g/mol. The highest BCUT2D eigenvalue weighted by molar-refractivity contribution is 5.95. The van der Waals surface area contributed by atoms with Crippen LogP contribution < -0.4 is 9.47 Å². The Morgan fingerprint density at radius 2 is 1.96 bits per heavy atom. The molecule has 1 fully saturated rings. The molecule has 1 saturated heterocycles. The van der Waals surface area contributed by atoms with Crippen LogP contribution in [0.4, 0.5) is 8.78 Å². The fraction of sp³-hybridized carbons (Fsp3) is 0.444. The maximum atomic E-state index is 12.7. The van der Waals surface area contributed by atoms with Gasteiger partial charge in [-0.15, -0.1) is 0 Å². The van der Waals surface area contributed by atoms with Crippen LogP contribution in [0.1, 0.15) is 21.8 Å². The molecule has 7 nitrogen and oxygen atoms in total. The van der Waals surface area contributed by atoms with Gasteiger partial charge in [0.1, 0.15) is 0 Å². The van der Waals surface area contributed by atoms with E-state index in [0.29, 0.717) is 38.3 Å². The molecule has 0 N–H and O–H groups in total. The summed E-state index contributed by atoms with van der Waals surface area (Å²) in [7, 11) is 1.34. The summed E-state index contributed by atoms with van der Waals surface area (Å²) in [6.45, 7) is 2.09. The molecule has 2 heterocycles. The summed E-state index contributed by atoms with van der Waals surface area (Å²) in [6.07, 6.45) is 0. The number of rotatable bonds is 6. The first-order valence-corrected chi connectivity index (χ1v) is 8.53. The van der Waals surface area contributed by atoms with E-state index in [1.165, 1.54) is 25.3 Å². The third-order valence-electron chi connectivity index (χ3n) is 4.34. The topological polar surface area (TPSA) is 68.0 Å². The lowest BCUT2D eigenvalue weighted by Gasteiger charge is -2.34. The molecule has 1 aromatic carbocycles. The lowest BCUT2D eigenvalue weighted by Crippen LogP contribution is -2.48. The number of ether oxygens (including phenoxy) is 2. The predicted molar refractivity (Wildman–Crippen MR) is 92.0 cm³/mol. The second-order valence-corrected chi connectivity index (χ2v) is 6.25. The van der Waals surface area contributed by atoms with Crippen LogP contribution in [0.15, 0.2) is 28.8 Å². The van der Waals surface area contributed by atoms with E-state index < -0.39 is 6.61 Å². The van der Waals surface area contributed by atoms with Gasteiger partial charge in [0.15, 0.2) is 17.3 Å². The number of alkyl halides is 2. The van der Waals surface area contributed by atoms with Crippen molar-refractivity contribution in [3.63, 3.8) is 0 Å². The normalized spacial score (nSPS) is 15.2. The standard InChI is InChI=1S/C18H21F2N3O4/c1-12-9-14(27-21-12)11-22-5-7-23(8-6-22)17(24)13-3-4-15(26-18(19)20)16(10-13)25-2/h3-4,9-10,18H,5-8,11H2,1-2H3. The van der Waals surface area contributed by atoms with E-state index in [2.05, 4.69) is 14.8 Å². The third kappa shape index (κ3) is 4.73. The number of hydrogen-bond donors (Lipinski definition) is 0. The summed E-state index contributed by atoms with van der Waals surface area (Å²) in [5.74, 6) is 0.621. The van der Waals surface area contributed by atoms with Crippen LogP contribution in [-0.4, -0.2) is 60.8 Å². The summed E-state index contributed by atoms with van der Waals surface area (Å²) in [6, 6.07) is 6.10. The van der Waals surface area contributed by atoms with Gasteiger partial charge in [0.2, 0.25) is 0 Å². The molecule has 146 valence electrons. The minimum atomic E-state index is -2.96. The van der Waals surface area contributed by atoms with Crippen molar-refractivity contribution in [2.24, 2.45) is 0 Å².